The lowest BCUT2D eigenvalue weighted by molar-refractivity contribution is -0.870. The number of hydrogen-bond donors (Lipinski definition) is 0. The third-order valence-electron chi connectivity index (χ3n) is 12.8. The minimum atomic E-state index is -4.64. The molecule has 0 aromatic heterocycles. The minimum Gasteiger partial charge on any atom is -0.756 e. The van der Waals surface area contributed by atoms with Crippen molar-refractivity contribution in [2.75, 3.05) is 47.5 Å². The van der Waals surface area contributed by atoms with E-state index in [-0.39, 0.29) is 32.0 Å². The summed E-state index contributed by atoms with van der Waals surface area (Å²) in [5.41, 5.74) is 0. The van der Waals surface area contributed by atoms with E-state index in [2.05, 4.69) is 74.6 Å². The molecule has 0 aliphatic heterocycles. The fourth-order valence-corrected chi connectivity index (χ4v) is 8.96. The predicted molar refractivity (Wildman–Crippen MR) is 300 cm³/mol. The topological polar surface area (TPSA) is 111 Å². The predicted octanol–water partition coefficient (Wildman–Crippen LogP) is 17.7. The lowest BCUT2D eigenvalue weighted by atomic mass is 10.0. The molecule has 9 nitrogen and oxygen atoms in total. The normalized spacial score (nSPS) is 13.7. The molecule has 0 fully saturated rings. The summed E-state index contributed by atoms with van der Waals surface area (Å²) in [7, 11) is 1.17. The molecule has 2 atom stereocenters. The number of carbonyl (C=O) groups is 2. The van der Waals surface area contributed by atoms with Gasteiger partial charge in [0.1, 0.15) is 19.8 Å². The van der Waals surface area contributed by atoms with Crippen LogP contribution in [0, 0.1) is 0 Å². The fraction of sp³-hybridized carbons (Fsp3) is 0.803. The number of phosphoric acid groups is 1. The third-order valence-corrected chi connectivity index (χ3v) is 13.7. The summed E-state index contributed by atoms with van der Waals surface area (Å²) in [6, 6.07) is 0. The highest BCUT2D eigenvalue weighted by atomic mass is 31.2. The number of quaternary nitrogens is 1. The summed E-state index contributed by atoms with van der Waals surface area (Å²) in [5, 5.41) is 0. The maximum atomic E-state index is 12.8. The number of esters is 2. The van der Waals surface area contributed by atoms with Crippen LogP contribution in [-0.4, -0.2) is 70.0 Å². The van der Waals surface area contributed by atoms with Crippen molar-refractivity contribution >= 4 is 19.8 Å². The lowest BCUT2D eigenvalue weighted by Crippen LogP contribution is -2.37. The molecule has 0 N–H and O–H groups in total. The molecule has 10 heteroatoms. The van der Waals surface area contributed by atoms with Crippen molar-refractivity contribution in [3.63, 3.8) is 0 Å². The zero-order chi connectivity index (χ0) is 52.0. The highest BCUT2D eigenvalue weighted by Gasteiger charge is 2.22. The fourth-order valence-electron chi connectivity index (χ4n) is 8.23. The standard InChI is InChI=1S/C61H112NO8P/c1-6-8-10-12-14-16-18-20-22-24-25-26-27-28-29-30-31-32-33-34-35-36-37-38-40-42-44-46-48-50-52-54-61(64)70-59(58-69-71(65,66)68-56-55-62(3,4)5)57-67-60(63)53-51-49-47-45-43-41-39-23-21-19-17-15-13-11-9-7-2/h8,10,14,16,20,22-23,25-26,39,59H,6-7,9,11-13,15,17-19,21,24,27-38,40-58H2,1-5H3/b10-8-,16-14-,22-20-,26-25-,39-23-. The Morgan fingerprint density at radius 2 is 0.803 bits per heavy atom. The van der Waals surface area contributed by atoms with Gasteiger partial charge in [0.25, 0.3) is 7.82 Å². The summed E-state index contributed by atoms with van der Waals surface area (Å²) >= 11 is 0. The number of rotatable bonds is 54. The first-order valence-electron chi connectivity index (χ1n) is 29.5. The third kappa shape index (κ3) is 56.9. The Balaban J connectivity index is 4.07. The highest BCUT2D eigenvalue weighted by molar-refractivity contribution is 7.45. The Kier molecular flexibility index (Phi) is 50.9. The van der Waals surface area contributed by atoms with Crippen LogP contribution in [0.4, 0.5) is 0 Å². The molecule has 0 radical (unpaired) electrons. The van der Waals surface area contributed by atoms with Gasteiger partial charge in [-0.1, -0.05) is 235 Å². The van der Waals surface area contributed by atoms with Gasteiger partial charge in [-0.3, -0.25) is 14.2 Å². The second-order valence-corrected chi connectivity index (χ2v) is 22.4. The van der Waals surface area contributed by atoms with Crippen molar-refractivity contribution < 1.29 is 42.1 Å². The first-order valence-corrected chi connectivity index (χ1v) is 31.0. The van der Waals surface area contributed by atoms with Gasteiger partial charge in [-0.05, 0) is 77.0 Å². The molecular formula is C61H112NO8P. The molecule has 71 heavy (non-hydrogen) atoms. The van der Waals surface area contributed by atoms with Gasteiger partial charge in [-0.25, -0.2) is 0 Å². The molecule has 0 aromatic carbocycles. The van der Waals surface area contributed by atoms with Crippen LogP contribution in [-0.2, 0) is 32.7 Å². The van der Waals surface area contributed by atoms with Gasteiger partial charge in [0.05, 0.1) is 27.7 Å². The van der Waals surface area contributed by atoms with Gasteiger partial charge < -0.3 is 27.9 Å². The quantitative estimate of drug-likeness (QED) is 0.0195. The second kappa shape index (κ2) is 52.6. The van der Waals surface area contributed by atoms with Crippen LogP contribution in [0.5, 0.6) is 0 Å². The molecule has 0 spiro atoms. The van der Waals surface area contributed by atoms with Crippen molar-refractivity contribution in [1.82, 2.24) is 0 Å². The SMILES string of the molecule is CC/C=C\C/C=C\C/C=C\C/C=C\CCCCCCCCCCCCCCCCCCCCC(=O)OC(COC(=O)CCCCCCC/C=C\CCCCCCCCC)COP(=O)([O-])OCC[N+](C)(C)C. The van der Waals surface area contributed by atoms with E-state index < -0.39 is 26.5 Å². The molecule has 414 valence electrons. The van der Waals surface area contributed by atoms with Crippen LogP contribution in [0.3, 0.4) is 0 Å². The van der Waals surface area contributed by atoms with E-state index in [0.717, 1.165) is 83.5 Å². The van der Waals surface area contributed by atoms with E-state index in [1.165, 1.54) is 148 Å². The van der Waals surface area contributed by atoms with Crippen molar-refractivity contribution in [3.8, 4) is 0 Å². The van der Waals surface area contributed by atoms with Crippen molar-refractivity contribution in [3.05, 3.63) is 60.8 Å². The average Bonchev–Trinajstić information content (AvgIpc) is 3.33. The van der Waals surface area contributed by atoms with Crippen LogP contribution in [0.1, 0.15) is 264 Å². The van der Waals surface area contributed by atoms with E-state index in [9.17, 15) is 19.0 Å². The number of unbranched alkanes of at least 4 members (excludes halogenated alkanes) is 30. The number of ether oxygens (including phenoxy) is 2. The minimum absolute atomic E-state index is 0.0319. The molecule has 0 aliphatic carbocycles. The zero-order valence-electron chi connectivity index (χ0n) is 46.9. The van der Waals surface area contributed by atoms with Crippen LogP contribution in [0.2, 0.25) is 0 Å². The molecule has 0 heterocycles. The summed E-state index contributed by atoms with van der Waals surface area (Å²) < 4.78 is 34.1. The molecule has 0 bridgehead atoms. The molecule has 0 saturated heterocycles. The summed E-state index contributed by atoms with van der Waals surface area (Å²) in [4.78, 5) is 37.8. The van der Waals surface area contributed by atoms with E-state index in [0.29, 0.717) is 17.4 Å². The van der Waals surface area contributed by atoms with Crippen LogP contribution >= 0.6 is 7.82 Å². The van der Waals surface area contributed by atoms with Crippen LogP contribution < -0.4 is 4.89 Å². The van der Waals surface area contributed by atoms with Gasteiger partial charge in [-0.2, -0.15) is 0 Å². The molecule has 2 unspecified atom stereocenters. The average molecular weight is 1020 g/mol. The zero-order valence-corrected chi connectivity index (χ0v) is 47.8. The summed E-state index contributed by atoms with van der Waals surface area (Å²) in [5.74, 6) is -0.834. The summed E-state index contributed by atoms with van der Waals surface area (Å²) in [6.45, 7) is 4.14. The van der Waals surface area contributed by atoms with Crippen LogP contribution in [0.25, 0.3) is 0 Å². The number of hydrogen-bond acceptors (Lipinski definition) is 8. The summed E-state index contributed by atoms with van der Waals surface area (Å²) in [6.07, 6.45) is 67.0. The van der Waals surface area contributed by atoms with Gasteiger partial charge in [-0.15, -0.1) is 0 Å². The Labute approximate surface area is 438 Å². The molecule has 0 amide bonds. The lowest BCUT2D eigenvalue weighted by Gasteiger charge is -2.28. The van der Waals surface area contributed by atoms with Gasteiger partial charge in [0, 0.05) is 12.8 Å². The highest BCUT2D eigenvalue weighted by Crippen LogP contribution is 2.38. The first-order chi connectivity index (χ1) is 34.5. The van der Waals surface area contributed by atoms with Gasteiger partial charge in [0.15, 0.2) is 6.10 Å². The molecule has 0 saturated carbocycles. The van der Waals surface area contributed by atoms with E-state index >= 15 is 0 Å². The van der Waals surface area contributed by atoms with Gasteiger partial charge >= 0.3 is 11.9 Å². The van der Waals surface area contributed by atoms with Gasteiger partial charge in [0.2, 0.25) is 0 Å². The van der Waals surface area contributed by atoms with Crippen molar-refractivity contribution in [1.29, 1.82) is 0 Å². The van der Waals surface area contributed by atoms with Crippen LogP contribution in [0.15, 0.2) is 60.8 Å². The smallest absolute Gasteiger partial charge is 0.306 e. The van der Waals surface area contributed by atoms with E-state index in [4.69, 9.17) is 18.5 Å². The molecular weight excluding hydrogens is 906 g/mol. The second-order valence-electron chi connectivity index (χ2n) is 21.0. The first kappa shape index (κ1) is 68.7. The maximum Gasteiger partial charge on any atom is 0.306 e. The van der Waals surface area contributed by atoms with E-state index in [1.54, 1.807) is 0 Å². The number of carbonyl (C=O) groups excluding carboxylic acids is 2. The number of likely N-dealkylation sites (N-methyl/N-ethyl adjacent to an activating group) is 1. The largest absolute Gasteiger partial charge is 0.756 e. The molecule has 0 rings (SSSR count). The Morgan fingerprint density at radius 1 is 0.451 bits per heavy atom. The van der Waals surface area contributed by atoms with Crippen molar-refractivity contribution in [2.24, 2.45) is 0 Å². The number of phosphoric ester groups is 1. The van der Waals surface area contributed by atoms with E-state index in [1.807, 2.05) is 21.1 Å². The Bertz CT molecular complexity index is 1380. The maximum absolute atomic E-state index is 12.8. The molecule has 0 aromatic rings. The Morgan fingerprint density at radius 3 is 1.21 bits per heavy atom. The van der Waals surface area contributed by atoms with Crippen molar-refractivity contribution in [2.45, 2.75) is 270 Å². The number of allylic oxidation sites excluding steroid dienone is 10. The number of nitrogens with zero attached hydrogens (tertiary/aromatic N) is 1. The molecule has 0 aliphatic rings. The monoisotopic (exact) mass is 1020 g/mol. The Hall–Kier alpha value is -2.29.